The van der Waals surface area contributed by atoms with Gasteiger partial charge in [0, 0.05) is 19.1 Å². The summed E-state index contributed by atoms with van der Waals surface area (Å²) >= 11 is 0. The Morgan fingerprint density at radius 1 is 1.43 bits per heavy atom. The maximum absolute atomic E-state index is 5.96. The number of hydrogen-bond donors (Lipinski definition) is 1. The zero-order valence-electron chi connectivity index (χ0n) is 9.33. The summed E-state index contributed by atoms with van der Waals surface area (Å²) in [5, 5.41) is 0. The van der Waals surface area contributed by atoms with Gasteiger partial charge in [-0.2, -0.15) is 0 Å². The third-order valence-electron chi connectivity index (χ3n) is 3.32. The molecule has 3 nitrogen and oxygen atoms in total. The molecule has 2 rings (SSSR count). The van der Waals surface area contributed by atoms with Gasteiger partial charge in [0.05, 0.1) is 11.7 Å². The third-order valence-corrected chi connectivity index (χ3v) is 3.32. The van der Waals surface area contributed by atoms with Crippen LogP contribution in [0.5, 0.6) is 0 Å². The van der Waals surface area contributed by atoms with Crippen molar-refractivity contribution < 1.29 is 4.74 Å². The summed E-state index contributed by atoms with van der Waals surface area (Å²) in [4.78, 5) is 2.44. The zero-order valence-corrected chi connectivity index (χ0v) is 9.33. The number of likely N-dealkylation sites (tertiary alicyclic amines) is 1. The van der Waals surface area contributed by atoms with Crippen LogP contribution < -0.4 is 5.73 Å². The fraction of sp³-hybridized carbons (Fsp3) is 1.00. The van der Waals surface area contributed by atoms with Gasteiger partial charge in [-0.3, -0.25) is 4.90 Å². The van der Waals surface area contributed by atoms with Crippen molar-refractivity contribution in [2.75, 3.05) is 19.6 Å². The highest BCUT2D eigenvalue weighted by Crippen LogP contribution is 2.30. The van der Waals surface area contributed by atoms with Gasteiger partial charge in [0.2, 0.25) is 0 Å². The van der Waals surface area contributed by atoms with Crippen LogP contribution >= 0.6 is 0 Å². The lowest BCUT2D eigenvalue weighted by atomic mass is 10.1. The second-order valence-electron chi connectivity index (χ2n) is 5.35. The zero-order chi connectivity index (χ0) is 10.2. The van der Waals surface area contributed by atoms with Gasteiger partial charge in [-0.05, 0) is 39.7 Å². The van der Waals surface area contributed by atoms with E-state index in [1.54, 1.807) is 0 Å². The maximum Gasteiger partial charge on any atom is 0.0710 e. The lowest BCUT2D eigenvalue weighted by molar-refractivity contribution is -0.0263. The van der Waals surface area contributed by atoms with E-state index in [9.17, 15) is 0 Å². The first-order valence-corrected chi connectivity index (χ1v) is 5.71. The van der Waals surface area contributed by atoms with Crippen molar-refractivity contribution in [3.8, 4) is 0 Å². The molecular formula is C11H22N2O. The minimum Gasteiger partial charge on any atom is -0.371 e. The van der Waals surface area contributed by atoms with Crippen LogP contribution in [0.25, 0.3) is 0 Å². The van der Waals surface area contributed by atoms with Gasteiger partial charge in [-0.25, -0.2) is 0 Å². The smallest absolute Gasteiger partial charge is 0.0710 e. The molecule has 82 valence electrons. The fourth-order valence-electron chi connectivity index (χ4n) is 2.52. The predicted octanol–water partition coefficient (Wildman–Crippen LogP) is 0.977. The molecule has 2 saturated heterocycles. The van der Waals surface area contributed by atoms with Gasteiger partial charge in [0.1, 0.15) is 0 Å². The van der Waals surface area contributed by atoms with Gasteiger partial charge in [0.15, 0.2) is 0 Å². The molecule has 2 N–H and O–H groups in total. The van der Waals surface area contributed by atoms with E-state index in [2.05, 4.69) is 18.7 Å². The second-order valence-corrected chi connectivity index (χ2v) is 5.35. The highest BCUT2D eigenvalue weighted by Gasteiger charge is 2.33. The van der Waals surface area contributed by atoms with E-state index < -0.39 is 0 Å². The van der Waals surface area contributed by atoms with Crippen LogP contribution in [-0.4, -0.2) is 42.3 Å². The van der Waals surface area contributed by atoms with E-state index in [1.807, 2.05) is 0 Å². The minimum atomic E-state index is 0.104. The van der Waals surface area contributed by atoms with Crippen molar-refractivity contribution in [1.82, 2.24) is 4.90 Å². The largest absolute Gasteiger partial charge is 0.371 e. The molecule has 0 aromatic rings. The average molecular weight is 198 g/mol. The van der Waals surface area contributed by atoms with Crippen LogP contribution in [0, 0.1) is 0 Å². The van der Waals surface area contributed by atoms with Crippen LogP contribution in [0.3, 0.4) is 0 Å². The lowest BCUT2D eigenvalue weighted by Gasteiger charge is -2.23. The van der Waals surface area contributed by atoms with Crippen LogP contribution in [-0.2, 0) is 4.74 Å². The number of nitrogens with two attached hydrogens (primary N) is 1. The molecule has 0 saturated carbocycles. The van der Waals surface area contributed by atoms with Crippen molar-refractivity contribution in [2.24, 2.45) is 5.73 Å². The van der Waals surface area contributed by atoms with E-state index in [0.717, 1.165) is 26.1 Å². The first-order chi connectivity index (χ1) is 6.55. The fourth-order valence-corrected chi connectivity index (χ4v) is 2.52. The summed E-state index contributed by atoms with van der Waals surface area (Å²) in [6, 6.07) is 0.393. The van der Waals surface area contributed by atoms with E-state index >= 15 is 0 Å². The topological polar surface area (TPSA) is 38.5 Å². The molecule has 2 atom stereocenters. The number of hydrogen-bond acceptors (Lipinski definition) is 3. The normalized spacial score (nSPS) is 37.9. The molecule has 2 fully saturated rings. The molecule has 1 unspecified atom stereocenters. The van der Waals surface area contributed by atoms with Gasteiger partial charge in [-0.15, -0.1) is 0 Å². The highest BCUT2D eigenvalue weighted by atomic mass is 16.5. The molecule has 2 heterocycles. The van der Waals surface area contributed by atoms with E-state index in [4.69, 9.17) is 10.5 Å². The Morgan fingerprint density at radius 3 is 2.71 bits per heavy atom. The predicted molar refractivity (Wildman–Crippen MR) is 57.2 cm³/mol. The monoisotopic (exact) mass is 198 g/mol. The van der Waals surface area contributed by atoms with Gasteiger partial charge >= 0.3 is 0 Å². The number of ether oxygens (including phenoxy) is 1. The van der Waals surface area contributed by atoms with Crippen LogP contribution in [0.4, 0.5) is 0 Å². The molecule has 0 aromatic heterocycles. The average Bonchev–Trinajstić information content (AvgIpc) is 2.59. The standard InChI is InChI=1S/C11H22N2O/c1-11(2)5-3-10(14-11)8-13-6-4-9(12)7-13/h9-10H,3-8,12H2,1-2H3/t9-,10?/m1/s1. The Balaban J connectivity index is 1.76. The Hall–Kier alpha value is -0.120. The molecule has 14 heavy (non-hydrogen) atoms. The summed E-state index contributed by atoms with van der Waals surface area (Å²) in [5.74, 6) is 0. The summed E-state index contributed by atoms with van der Waals surface area (Å²) in [7, 11) is 0. The first-order valence-electron chi connectivity index (χ1n) is 5.71. The quantitative estimate of drug-likeness (QED) is 0.719. The molecule has 3 heteroatoms. The van der Waals surface area contributed by atoms with E-state index in [1.165, 1.54) is 12.8 Å². The van der Waals surface area contributed by atoms with Gasteiger partial charge in [0.25, 0.3) is 0 Å². The number of rotatable bonds is 2. The van der Waals surface area contributed by atoms with E-state index in [0.29, 0.717) is 12.1 Å². The SMILES string of the molecule is CC1(C)CCC(CN2CC[C@@H](N)C2)O1. The minimum absolute atomic E-state index is 0.104. The van der Waals surface area contributed by atoms with Crippen molar-refractivity contribution in [3.63, 3.8) is 0 Å². The second kappa shape index (κ2) is 3.80. The van der Waals surface area contributed by atoms with Gasteiger partial charge < -0.3 is 10.5 Å². The molecule has 0 aromatic carbocycles. The van der Waals surface area contributed by atoms with Crippen LogP contribution in [0.15, 0.2) is 0 Å². The molecule has 0 bridgehead atoms. The summed E-state index contributed by atoms with van der Waals surface area (Å²) in [6.45, 7) is 7.66. The Bertz CT molecular complexity index is 205. The summed E-state index contributed by atoms with van der Waals surface area (Å²) < 4.78 is 5.96. The van der Waals surface area contributed by atoms with Crippen LogP contribution in [0.1, 0.15) is 33.1 Å². The van der Waals surface area contributed by atoms with Crippen molar-refractivity contribution in [3.05, 3.63) is 0 Å². The molecular weight excluding hydrogens is 176 g/mol. The van der Waals surface area contributed by atoms with Gasteiger partial charge in [-0.1, -0.05) is 0 Å². The Labute approximate surface area is 86.6 Å². The molecule has 2 aliphatic rings. The third kappa shape index (κ3) is 2.47. The molecule has 0 amide bonds. The highest BCUT2D eigenvalue weighted by molar-refractivity contribution is 4.85. The van der Waals surface area contributed by atoms with Crippen molar-refractivity contribution >= 4 is 0 Å². The first kappa shape index (κ1) is 10.4. The Kier molecular flexibility index (Phi) is 2.82. The summed E-state index contributed by atoms with van der Waals surface area (Å²) in [6.07, 6.45) is 3.99. The molecule has 0 aliphatic carbocycles. The molecule has 0 spiro atoms. The molecule has 2 aliphatic heterocycles. The lowest BCUT2D eigenvalue weighted by Crippen LogP contribution is -2.34. The van der Waals surface area contributed by atoms with Crippen molar-refractivity contribution in [1.29, 1.82) is 0 Å². The Morgan fingerprint density at radius 2 is 2.21 bits per heavy atom. The summed E-state index contributed by atoms with van der Waals surface area (Å²) in [5.41, 5.74) is 5.97. The van der Waals surface area contributed by atoms with Crippen molar-refractivity contribution in [2.45, 2.75) is 50.9 Å². The number of nitrogens with zero attached hydrogens (tertiary/aromatic N) is 1. The van der Waals surface area contributed by atoms with E-state index in [-0.39, 0.29) is 5.60 Å². The molecule has 0 radical (unpaired) electrons. The maximum atomic E-state index is 5.96. The van der Waals surface area contributed by atoms with Crippen LogP contribution in [0.2, 0.25) is 0 Å².